The summed E-state index contributed by atoms with van der Waals surface area (Å²) in [6.45, 7) is 2.24. The van der Waals surface area contributed by atoms with Gasteiger partial charge in [0.05, 0.1) is 5.02 Å². The summed E-state index contributed by atoms with van der Waals surface area (Å²) in [5.74, 6) is 5.66. The van der Waals surface area contributed by atoms with E-state index in [1.54, 1.807) is 0 Å². The zero-order valence-electron chi connectivity index (χ0n) is 11.6. The molecule has 19 heavy (non-hydrogen) atoms. The van der Waals surface area contributed by atoms with Crippen LogP contribution < -0.4 is 11.3 Å². The lowest BCUT2D eigenvalue weighted by Gasteiger charge is -2.18. The van der Waals surface area contributed by atoms with E-state index in [9.17, 15) is 0 Å². The Morgan fingerprint density at radius 2 is 1.89 bits per heavy atom. The first-order valence-corrected chi connectivity index (χ1v) is 8.27. The van der Waals surface area contributed by atoms with Crippen molar-refractivity contribution in [2.75, 3.05) is 0 Å². The van der Waals surface area contributed by atoms with Gasteiger partial charge in [-0.05, 0) is 34.0 Å². The minimum Gasteiger partial charge on any atom is -0.271 e. The molecule has 2 nitrogen and oxygen atoms in total. The molecule has 0 aliphatic rings. The van der Waals surface area contributed by atoms with E-state index in [4.69, 9.17) is 17.4 Å². The van der Waals surface area contributed by atoms with Gasteiger partial charge in [-0.15, -0.1) is 0 Å². The number of hydrogen-bond acceptors (Lipinski definition) is 2. The first-order chi connectivity index (χ1) is 9.20. The van der Waals surface area contributed by atoms with Crippen molar-refractivity contribution in [3.63, 3.8) is 0 Å². The van der Waals surface area contributed by atoms with E-state index in [-0.39, 0.29) is 6.04 Å². The molecule has 0 fully saturated rings. The molecule has 1 unspecified atom stereocenters. The number of hydrazine groups is 1. The number of nitrogens with one attached hydrogen (secondary N) is 1. The molecule has 0 aliphatic carbocycles. The highest BCUT2D eigenvalue weighted by Crippen LogP contribution is 2.32. The summed E-state index contributed by atoms with van der Waals surface area (Å²) in [5, 5.41) is 0.761. The minimum absolute atomic E-state index is 0.135. The number of benzene rings is 1. The molecule has 0 aromatic heterocycles. The number of rotatable bonds is 9. The average molecular weight is 348 g/mol. The van der Waals surface area contributed by atoms with Gasteiger partial charge in [-0.1, -0.05) is 69.2 Å². The largest absolute Gasteiger partial charge is 0.271 e. The Balaban J connectivity index is 2.43. The lowest BCUT2D eigenvalue weighted by molar-refractivity contribution is 0.477. The van der Waals surface area contributed by atoms with Crippen LogP contribution in [0.3, 0.4) is 0 Å². The topological polar surface area (TPSA) is 38.0 Å². The average Bonchev–Trinajstić information content (AvgIpc) is 2.42. The molecule has 0 amide bonds. The van der Waals surface area contributed by atoms with Crippen LogP contribution in [0.4, 0.5) is 0 Å². The molecule has 0 heterocycles. The van der Waals surface area contributed by atoms with E-state index in [1.807, 2.05) is 18.2 Å². The summed E-state index contributed by atoms with van der Waals surface area (Å²) in [4.78, 5) is 0. The maximum absolute atomic E-state index is 6.31. The second-order valence-corrected chi connectivity index (χ2v) is 6.15. The fourth-order valence-corrected chi connectivity index (χ4v) is 2.89. The Labute approximate surface area is 130 Å². The third-order valence-electron chi connectivity index (χ3n) is 3.40. The van der Waals surface area contributed by atoms with Gasteiger partial charge in [0, 0.05) is 10.5 Å². The SMILES string of the molecule is CCCCCCCCC(NN)c1cccc(Br)c1Cl. The predicted molar refractivity (Wildman–Crippen MR) is 87.2 cm³/mol. The fourth-order valence-electron chi connectivity index (χ4n) is 2.25. The van der Waals surface area contributed by atoms with Gasteiger partial charge in [0.15, 0.2) is 0 Å². The van der Waals surface area contributed by atoms with Crippen LogP contribution in [-0.2, 0) is 0 Å². The molecule has 108 valence electrons. The van der Waals surface area contributed by atoms with Crippen molar-refractivity contribution in [1.29, 1.82) is 0 Å². The number of nitrogens with two attached hydrogens (primary N) is 1. The maximum atomic E-state index is 6.31. The van der Waals surface area contributed by atoms with Crippen LogP contribution in [-0.4, -0.2) is 0 Å². The lowest BCUT2D eigenvalue weighted by atomic mass is 10.00. The molecule has 1 aromatic carbocycles. The second-order valence-electron chi connectivity index (χ2n) is 4.92. The molecule has 0 saturated carbocycles. The van der Waals surface area contributed by atoms with Crippen LogP contribution in [0.2, 0.25) is 5.02 Å². The molecule has 0 radical (unpaired) electrons. The molecular weight excluding hydrogens is 324 g/mol. The lowest BCUT2D eigenvalue weighted by Crippen LogP contribution is -2.28. The quantitative estimate of drug-likeness (QED) is 0.358. The van der Waals surface area contributed by atoms with Crippen LogP contribution in [0.1, 0.15) is 63.5 Å². The van der Waals surface area contributed by atoms with Gasteiger partial charge in [-0.25, -0.2) is 0 Å². The molecule has 0 aliphatic heterocycles. The van der Waals surface area contributed by atoms with Crippen molar-refractivity contribution >= 4 is 27.5 Å². The summed E-state index contributed by atoms with van der Waals surface area (Å²) < 4.78 is 0.926. The predicted octanol–water partition coefficient (Wildman–Crippen LogP) is 5.36. The maximum Gasteiger partial charge on any atom is 0.0596 e. The van der Waals surface area contributed by atoms with E-state index in [0.717, 1.165) is 21.5 Å². The third-order valence-corrected chi connectivity index (χ3v) is 4.72. The van der Waals surface area contributed by atoms with Crippen LogP contribution in [0.5, 0.6) is 0 Å². The Morgan fingerprint density at radius 1 is 1.21 bits per heavy atom. The Morgan fingerprint density at radius 3 is 2.58 bits per heavy atom. The van der Waals surface area contributed by atoms with Crippen molar-refractivity contribution in [2.24, 2.45) is 5.84 Å². The Hall–Kier alpha value is -0.0900. The van der Waals surface area contributed by atoms with E-state index in [2.05, 4.69) is 28.3 Å². The van der Waals surface area contributed by atoms with E-state index >= 15 is 0 Å². The molecule has 0 spiro atoms. The smallest absolute Gasteiger partial charge is 0.0596 e. The first kappa shape index (κ1) is 17.0. The summed E-state index contributed by atoms with van der Waals surface area (Å²) in [6, 6.07) is 6.12. The Kier molecular flexibility index (Phi) is 8.71. The molecule has 0 saturated heterocycles. The summed E-state index contributed by atoms with van der Waals surface area (Å²) >= 11 is 9.76. The fraction of sp³-hybridized carbons (Fsp3) is 0.600. The molecule has 4 heteroatoms. The Bertz CT molecular complexity index is 371. The van der Waals surface area contributed by atoms with E-state index in [1.165, 1.54) is 38.5 Å². The molecular formula is C15H24BrClN2. The first-order valence-electron chi connectivity index (χ1n) is 7.10. The van der Waals surface area contributed by atoms with Crippen LogP contribution in [0.15, 0.2) is 22.7 Å². The molecule has 3 N–H and O–H groups in total. The van der Waals surface area contributed by atoms with Crippen molar-refractivity contribution in [3.8, 4) is 0 Å². The van der Waals surface area contributed by atoms with Gasteiger partial charge >= 0.3 is 0 Å². The number of unbranched alkanes of at least 4 members (excludes halogenated alkanes) is 5. The van der Waals surface area contributed by atoms with Gasteiger partial charge in [0.1, 0.15) is 0 Å². The zero-order chi connectivity index (χ0) is 14.1. The number of hydrogen-bond donors (Lipinski definition) is 2. The van der Waals surface area contributed by atoms with Crippen molar-refractivity contribution < 1.29 is 0 Å². The zero-order valence-corrected chi connectivity index (χ0v) is 13.9. The second kappa shape index (κ2) is 9.76. The molecule has 1 rings (SSSR count). The highest BCUT2D eigenvalue weighted by molar-refractivity contribution is 9.10. The highest BCUT2D eigenvalue weighted by Gasteiger charge is 2.14. The van der Waals surface area contributed by atoms with Crippen LogP contribution >= 0.6 is 27.5 Å². The molecule has 0 bridgehead atoms. The van der Waals surface area contributed by atoms with Gasteiger partial charge in [-0.2, -0.15) is 0 Å². The van der Waals surface area contributed by atoms with Crippen LogP contribution in [0, 0.1) is 0 Å². The normalized spacial score (nSPS) is 12.6. The number of halogens is 2. The van der Waals surface area contributed by atoms with Gasteiger partial charge in [0.25, 0.3) is 0 Å². The summed E-state index contributed by atoms with van der Waals surface area (Å²) in [6.07, 6.45) is 8.77. The van der Waals surface area contributed by atoms with Gasteiger partial charge in [-0.3, -0.25) is 11.3 Å². The summed E-state index contributed by atoms with van der Waals surface area (Å²) in [5.41, 5.74) is 3.96. The molecule has 1 atom stereocenters. The van der Waals surface area contributed by atoms with Crippen molar-refractivity contribution in [2.45, 2.75) is 57.9 Å². The minimum atomic E-state index is 0.135. The summed E-state index contributed by atoms with van der Waals surface area (Å²) in [7, 11) is 0. The van der Waals surface area contributed by atoms with Crippen molar-refractivity contribution in [1.82, 2.24) is 5.43 Å². The highest BCUT2D eigenvalue weighted by atomic mass is 79.9. The monoisotopic (exact) mass is 346 g/mol. The molecule has 1 aromatic rings. The standard InChI is InChI=1S/C15H24BrClN2/c1-2-3-4-5-6-7-11-14(19-18)12-9-8-10-13(16)15(12)17/h8-10,14,19H,2-7,11,18H2,1H3. The third kappa shape index (κ3) is 5.82. The van der Waals surface area contributed by atoms with E-state index in [0.29, 0.717) is 0 Å². The van der Waals surface area contributed by atoms with E-state index < -0.39 is 0 Å². The van der Waals surface area contributed by atoms with Crippen molar-refractivity contribution in [3.05, 3.63) is 33.3 Å². The van der Waals surface area contributed by atoms with Gasteiger partial charge < -0.3 is 0 Å². The van der Waals surface area contributed by atoms with Crippen LogP contribution in [0.25, 0.3) is 0 Å². The van der Waals surface area contributed by atoms with Gasteiger partial charge in [0.2, 0.25) is 0 Å².